The van der Waals surface area contributed by atoms with Gasteiger partial charge in [0.2, 0.25) is 5.91 Å². The number of carbonyl (C=O) groups excluding carboxylic acids is 1. The molecule has 1 fully saturated rings. The lowest BCUT2D eigenvalue weighted by Crippen LogP contribution is -2.40. The first-order valence-corrected chi connectivity index (χ1v) is 11.1. The van der Waals surface area contributed by atoms with E-state index in [2.05, 4.69) is 10.3 Å². The highest BCUT2D eigenvalue weighted by Crippen LogP contribution is 2.41. The largest absolute Gasteiger partial charge is 0.352 e. The highest BCUT2D eigenvalue weighted by atomic mass is 32.2. The van der Waals surface area contributed by atoms with Gasteiger partial charge in [0.15, 0.2) is 0 Å². The van der Waals surface area contributed by atoms with Crippen molar-refractivity contribution >= 4 is 39.2 Å². The van der Waals surface area contributed by atoms with Gasteiger partial charge in [-0.25, -0.2) is 9.97 Å². The van der Waals surface area contributed by atoms with Gasteiger partial charge in [0.05, 0.1) is 5.25 Å². The van der Waals surface area contributed by atoms with E-state index in [1.54, 1.807) is 11.8 Å². The molecule has 2 aliphatic carbocycles. The summed E-state index contributed by atoms with van der Waals surface area (Å²) in [6, 6.07) is 0.363. The predicted molar refractivity (Wildman–Crippen MR) is 105 cm³/mol. The van der Waals surface area contributed by atoms with Crippen LogP contribution in [0.4, 0.5) is 0 Å². The van der Waals surface area contributed by atoms with Crippen molar-refractivity contribution in [2.75, 3.05) is 0 Å². The fourth-order valence-electron chi connectivity index (χ4n) is 3.94. The number of amides is 1. The minimum absolute atomic E-state index is 0.128. The Labute approximate surface area is 157 Å². The average molecular weight is 376 g/mol. The molecule has 2 aromatic heterocycles. The summed E-state index contributed by atoms with van der Waals surface area (Å²) >= 11 is 3.41. The van der Waals surface area contributed by atoms with Crippen molar-refractivity contribution in [2.45, 2.75) is 81.5 Å². The van der Waals surface area contributed by atoms with Crippen LogP contribution in [0.3, 0.4) is 0 Å². The first kappa shape index (κ1) is 17.3. The normalized spacial score (nSPS) is 19.1. The fraction of sp³-hybridized carbons (Fsp3) is 0.632. The molecule has 1 amide bonds. The summed E-state index contributed by atoms with van der Waals surface area (Å²) in [6.45, 7) is 3.94. The molecule has 2 aliphatic rings. The van der Waals surface area contributed by atoms with E-state index in [0.717, 1.165) is 41.4 Å². The van der Waals surface area contributed by atoms with Crippen molar-refractivity contribution in [1.29, 1.82) is 0 Å². The molecule has 4 nitrogen and oxygen atoms in total. The van der Waals surface area contributed by atoms with Crippen LogP contribution >= 0.6 is 23.1 Å². The Morgan fingerprint density at radius 3 is 2.80 bits per heavy atom. The van der Waals surface area contributed by atoms with Gasteiger partial charge in [0, 0.05) is 16.3 Å². The number of carbonyl (C=O) groups is 1. The molecule has 2 aromatic rings. The maximum atomic E-state index is 12.6. The molecule has 0 spiro atoms. The van der Waals surface area contributed by atoms with Crippen LogP contribution in [0.15, 0.2) is 5.03 Å². The van der Waals surface area contributed by atoms with Crippen molar-refractivity contribution in [3.05, 3.63) is 16.3 Å². The van der Waals surface area contributed by atoms with Crippen LogP contribution in [-0.2, 0) is 17.6 Å². The van der Waals surface area contributed by atoms with Gasteiger partial charge in [-0.05, 0) is 51.5 Å². The predicted octanol–water partition coefficient (Wildman–Crippen LogP) is 4.42. The Hall–Kier alpha value is -1.14. The van der Waals surface area contributed by atoms with Crippen LogP contribution in [-0.4, -0.2) is 27.2 Å². The van der Waals surface area contributed by atoms with Crippen LogP contribution in [0.2, 0.25) is 0 Å². The third-order valence-corrected chi connectivity index (χ3v) is 7.52. The molecule has 25 heavy (non-hydrogen) atoms. The third-order valence-electron chi connectivity index (χ3n) is 5.25. The molecule has 2 heterocycles. The number of thioether (sulfide) groups is 1. The van der Waals surface area contributed by atoms with Crippen LogP contribution in [0, 0.1) is 6.92 Å². The highest BCUT2D eigenvalue weighted by Gasteiger charge is 2.25. The Morgan fingerprint density at radius 1 is 1.20 bits per heavy atom. The van der Waals surface area contributed by atoms with Crippen molar-refractivity contribution < 1.29 is 4.79 Å². The van der Waals surface area contributed by atoms with Crippen LogP contribution in [0.25, 0.3) is 10.2 Å². The molecule has 0 radical (unpaired) electrons. The number of nitrogens with one attached hydrogen (secondary N) is 1. The lowest BCUT2D eigenvalue weighted by molar-refractivity contribution is -0.121. The van der Waals surface area contributed by atoms with Crippen LogP contribution in [0.5, 0.6) is 0 Å². The van der Waals surface area contributed by atoms with Gasteiger partial charge in [0.1, 0.15) is 15.7 Å². The molecule has 0 aliphatic heterocycles. The first-order valence-electron chi connectivity index (χ1n) is 9.37. The summed E-state index contributed by atoms with van der Waals surface area (Å²) in [5.74, 6) is 0.947. The van der Waals surface area contributed by atoms with Gasteiger partial charge < -0.3 is 5.32 Å². The molecule has 6 heteroatoms. The standard InChI is InChI=1S/C19H25N3OS2/c1-11(17(23)22-13-7-4-3-5-8-13)24-18-16-14-9-6-10-15(14)25-19(16)21-12(2)20-18/h11,13H,3-10H2,1-2H3,(H,22,23)/t11-/m0/s1. The second-order valence-corrected chi connectivity index (χ2v) is 9.63. The molecule has 1 saturated carbocycles. The molecule has 4 rings (SSSR count). The molecule has 0 bridgehead atoms. The van der Waals surface area contributed by atoms with Crippen molar-refractivity contribution in [3.63, 3.8) is 0 Å². The topological polar surface area (TPSA) is 54.9 Å². The van der Waals surface area contributed by atoms with E-state index in [4.69, 9.17) is 4.98 Å². The summed E-state index contributed by atoms with van der Waals surface area (Å²) in [6.07, 6.45) is 9.54. The maximum Gasteiger partial charge on any atom is 0.233 e. The number of nitrogens with zero attached hydrogens (tertiary/aromatic N) is 2. The zero-order valence-corrected chi connectivity index (χ0v) is 16.6. The lowest BCUT2D eigenvalue weighted by atomic mass is 9.95. The highest BCUT2D eigenvalue weighted by molar-refractivity contribution is 8.00. The van der Waals surface area contributed by atoms with Gasteiger partial charge >= 0.3 is 0 Å². The van der Waals surface area contributed by atoms with E-state index in [1.165, 1.54) is 41.5 Å². The van der Waals surface area contributed by atoms with Gasteiger partial charge in [-0.3, -0.25) is 4.79 Å². The summed E-state index contributed by atoms with van der Waals surface area (Å²) in [4.78, 5) is 24.5. The van der Waals surface area contributed by atoms with Gasteiger partial charge in [0.25, 0.3) is 0 Å². The first-order chi connectivity index (χ1) is 12.1. The number of thiophene rings is 1. The van der Waals surface area contributed by atoms with E-state index in [9.17, 15) is 4.79 Å². The second-order valence-electron chi connectivity index (χ2n) is 7.22. The quantitative estimate of drug-likeness (QED) is 0.635. The zero-order valence-electron chi connectivity index (χ0n) is 14.9. The van der Waals surface area contributed by atoms with Crippen molar-refractivity contribution in [2.24, 2.45) is 0 Å². The van der Waals surface area contributed by atoms with Crippen LogP contribution < -0.4 is 5.32 Å². The number of rotatable bonds is 4. The van der Waals surface area contributed by atoms with Crippen molar-refractivity contribution in [1.82, 2.24) is 15.3 Å². The Bertz CT molecular complexity index is 796. The van der Waals surface area contributed by atoms with Gasteiger partial charge in [-0.2, -0.15) is 0 Å². The Balaban J connectivity index is 1.54. The minimum atomic E-state index is -0.128. The molecule has 134 valence electrons. The Kier molecular flexibility index (Phi) is 5.00. The zero-order chi connectivity index (χ0) is 17.4. The summed E-state index contributed by atoms with van der Waals surface area (Å²) in [7, 11) is 0. The minimum Gasteiger partial charge on any atom is -0.352 e. The van der Waals surface area contributed by atoms with Gasteiger partial charge in [-0.1, -0.05) is 31.0 Å². The second kappa shape index (κ2) is 7.23. The van der Waals surface area contributed by atoms with E-state index in [0.29, 0.717) is 6.04 Å². The fourth-order valence-corrected chi connectivity index (χ4v) is 6.34. The smallest absolute Gasteiger partial charge is 0.233 e. The summed E-state index contributed by atoms with van der Waals surface area (Å²) in [5, 5.41) is 5.33. The number of hydrogen-bond donors (Lipinski definition) is 1. The summed E-state index contributed by atoms with van der Waals surface area (Å²) in [5.41, 5.74) is 1.43. The maximum absolute atomic E-state index is 12.6. The van der Waals surface area contributed by atoms with E-state index < -0.39 is 0 Å². The Morgan fingerprint density at radius 2 is 2.00 bits per heavy atom. The molecular weight excluding hydrogens is 350 g/mol. The van der Waals surface area contributed by atoms with E-state index in [1.807, 2.05) is 25.2 Å². The van der Waals surface area contributed by atoms with E-state index in [-0.39, 0.29) is 11.2 Å². The van der Waals surface area contributed by atoms with E-state index >= 15 is 0 Å². The van der Waals surface area contributed by atoms with Crippen LogP contribution in [0.1, 0.15) is 61.7 Å². The number of hydrogen-bond acceptors (Lipinski definition) is 5. The number of fused-ring (bicyclic) bond motifs is 3. The SMILES string of the molecule is Cc1nc(S[C@@H](C)C(=O)NC2CCCCC2)c2c3c(sc2n1)CCC3. The molecule has 1 N–H and O–H groups in total. The molecule has 1 atom stereocenters. The monoisotopic (exact) mass is 375 g/mol. The number of aryl methyl sites for hydroxylation is 3. The summed E-state index contributed by atoms with van der Waals surface area (Å²) < 4.78 is 0. The average Bonchev–Trinajstić information content (AvgIpc) is 3.15. The molecule has 0 saturated heterocycles. The lowest BCUT2D eigenvalue weighted by Gasteiger charge is -2.24. The molecular formula is C19H25N3OS2. The van der Waals surface area contributed by atoms with Crippen molar-refractivity contribution in [3.8, 4) is 0 Å². The molecule has 0 aromatic carbocycles. The molecule has 0 unspecified atom stereocenters. The third kappa shape index (κ3) is 3.56. The number of aromatic nitrogens is 2. The van der Waals surface area contributed by atoms with Gasteiger partial charge in [-0.15, -0.1) is 11.3 Å².